The molecular formula is C20H32N4O4. The smallest absolute Gasteiger partial charge is 0.410 e. The van der Waals surface area contributed by atoms with E-state index in [1.54, 1.807) is 4.90 Å². The summed E-state index contributed by atoms with van der Waals surface area (Å²) in [4.78, 5) is 29.6. The van der Waals surface area contributed by atoms with Crippen molar-refractivity contribution in [3.63, 3.8) is 0 Å². The Hall–Kier alpha value is -1.85. The summed E-state index contributed by atoms with van der Waals surface area (Å²) >= 11 is 0. The van der Waals surface area contributed by atoms with Gasteiger partial charge in [0.25, 0.3) is 5.91 Å². The SMILES string of the molecule is CN1CCC(C#N)(NC(=O)[C@@H](OC(=O)N2CCOCC2)C2CCCCC2)CC1. The van der Waals surface area contributed by atoms with Gasteiger partial charge in [-0.05, 0) is 32.7 Å². The molecule has 3 aliphatic rings. The van der Waals surface area contributed by atoms with Crippen LogP contribution in [0.5, 0.6) is 0 Å². The van der Waals surface area contributed by atoms with Gasteiger partial charge in [-0.3, -0.25) is 4.79 Å². The Kier molecular flexibility index (Phi) is 7.13. The van der Waals surface area contributed by atoms with Gasteiger partial charge in [-0.15, -0.1) is 0 Å². The number of hydrogen-bond donors (Lipinski definition) is 1. The van der Waals surface area contributed by atoms with Crippen LogP contribution in [-0.2, 0) is 14.3 Å². The van der Waals surface area contributed by atoms with E-state index in [1.165, 1.54) is 0 Å². The predicted octanol–water partition coefficient (Wildman–Crippen LogP) is 1.51. The van der Waals surface area contributed by atoms with Gasteiger partial charge in [0.2, 0.25) is 0 Å². The van der Waals surface area contributed by atoms with Crippen molar-refractivity contribution < 1.29 is 19.1 Å². The van der Waals surface area contributed by atoms with Crippen molar-refractivity contribution in [1.29, 1.82) is 5.26 Å². The van der Waals surface area contributed by atoms with Crippen LogP contribution in [-0.4, -0.2) is 79.9 Å². The third kappa shape index (κ3) is 5.15. The standard InChI is InChI=1S/C20H32N4O4/c1-23-9-7-20(15-21,8-10-23)22-18(25)17(16-5-3-2-4-6-16)28-19(26)24-11-13-27-14-12-24/h16-17H,2-14H2,1H3,(H,22,25)/t17-/m0/s1. The molecule has 0 radical (unpaired) electrons. The molecule has 1 aliphatic carbocycles. The number of nitrogens with zero attached hydrogens (tertiary/aromatic N) is 3. The molecule has 3 rings (SSSR count). The van der Waals surface area contributed by atoms with Crippen molar-refractivity contribution in [3.8, 4) is 6.07 Å². The third-order valence-electron chi connectivity index (χ3n) is 6.25. The fourth-order valence-electron chi connectivity index (χ4n) is 4.30. The van der Waals surface area contributed by atoms with Crippen molar-refractivity contribution in [2.24, 2.45) is 5.92 Å². The van der Waals surface area contributed by atoms with Crippen LogP contribution in [0.15, 0.2) is 0 Å². The number of nitrogens with one attached hydrogen (secondary N) is 1. The number of nitriles is 1. The molecule has 0 unspecified atom stereocenters. The molecule has 0 bridgehead atoms. The Morgan fingerprint density at radius 3 is 2.39 bits per heavy atom. The molecule has 1 atom stereocenters. The van der Waals surface area contributed by atoms with Crippen LogP contribution < -0.4 is 5.32 Å². The molecule has 0 aromatic heterocycles. The van der Waals surface area contributed by atoms with Gasteiger partial charge >= 0.3 is 6.09 Å². The van der Waals surface area contributed by atoms with Crippen molar-refractivity contribution >= 4 is 12.0 Å². The highest BCUT2D eigenvalue weighted by Gasteiger charge is 2.41. The summed E-state index contributed by atoms with van der Waals surface area (Å²) in [5.74, 6) is -0.305. The molecule has 0 aromatic carbocycles. The lowest BCUT2D eigenvalue weighted by atomic mass is 9.83. The number of hydrogen-bond acceptors (Lipinski definition) is 6. The molecular weight excluding hydrogens is 360 g/mol. The van der Waals surface area contributed by atoms with Gasteiger partial charge in [-0.2, -0.15) is 5.26 Å². The average Bonchev–Trinajstić information content (AvgIpc) is 2.75. The van der Waals surface area contributed by atoms with Crippen LogP contribution in [0.3, 0.4) is 0 Å². The van der Waals surface area contributed by atoms with Gasteiger partial charge in [0.05, 0.1) is 19.3 Å². The Labute approximate surface area is 167 Å². The van der Waals surface area contributed by atoms with E-state index >= 15 is 0 Å². The second-order valence-electron chi connectivity index (χ2n) is 8.29. The highest BCUT2D eigenvalue weighted by molar-refractivity contribution is 5.84. The number of ether oxygens (including phenoxy) is 2. The van der Waals surface area contributed by atoms with Crippen LogP contribution in [0.25, 0.3) is 0 Å². The zero-order valence-electron chi connectivity index (χ0n) is 16.8. The predicted molar refractivity (Wildman–Crippen MR) is 102 cm³/mol. The highest BCUT2D eigenvalue weighted by atomic mass is 16.6. The molecule has 0 spiro atoms. The third-order valence-corrected chi connectivity index (χ3v) is 6.25. The number of carbonyl (C=O) groups is 2. The second-order valence-corrected chi connectivity index (χ2v) is 8.29. The van der Waals surface area contributed by atoms with E-state index < -0.39 is 17.7 Å². The summed E-state index contributed by atoms with van der Waals surface area (Å²) in [5.41, 5.74) is -0.873. The summed E-state index contributed by atoms with van der Waals surface area (Å²) in [6, 6.07) is 2.32. The van der Waals surface area contributed by atoms with Gasteiger partial charge < -0.3 is 24.6 Å². The number of rotatable bonds is 4. The molecule has 2 aliphatic heterocycles. The number of carbonyl (C=O) groups excluding carboxylic acids is 2. The van der Waals surface area contributed by atoms with Gasteiger partial charge in [0.1, 0.15) is 5.54 Å². The number of likely N-dealkylation sites (tertiary alicyclic amines) is 1. The summed E-state index contributed by atoms with van der Waals surface area (Å²) in [6.07, 6.45) is 4.85. The van der Waals surface area contributed by atoms with E-state index in [2.05, 4.69) is 16.3 Å². The minimum absolute atomic E-state index is 0.0146. The summed E-state index contributed by atoms with van der Waals surface area (Å²) in [6.45, 7) is 3.45. The normalized spacial score (nSPS) is 24.8. The fraction of sp³-hybridized carbons (Fsp3) is 0.850. The lowest BCUT2D eigenvalue weighted by molar-refractivity contribution is -0.136. The van der Waals surface area contributed by atoms with E-state index in [4.69, 9.17) is 9.47 Å². The first-order valence-electron chi connectivity index (χ1n) is 10.5. The van der Waals surface area contributed by atoms with Gasteiger partial charge in [-0.1, -0.05) is 19.3 Å². The Bertz CT molecular complexity index is 586. The monoisotopic (exact) mass is 392 g/mol. The minimum atomic E-state index is -0.873. The molecule has 28 heavy (non-hydrogen) atoms. The lowest BCUT2D eigenvalue weighted by Crippen LogP contribution is -2.58. The van der Waals surface area contributed by atoms with Gasteiger partial charge in [0, 0.05) is 32.1 Å². The molecule has 1 saturated carbocycles. The van der Waals surface area contributed by atoms with Crippen LogP contribution in [0.2, 0.25) is 0 Å². The van der Waals surface area contributed by atoms with Crippen LogP contribution in [0.1, 0.15) is 44.9 Å². The maximum atomic E-state index is 13.2. The van der Waals surface area contributed by atoms with Gasteiger partial charge in [0.15, 0.2) is 6.10 Å². The zero-order chi connectivity index (χ0) is 20.0. The quantitative estimate of drug-likeness (QED) is 0.779. The average molecular weight is 393 g/mol. The molecule has 2 heterocycles. The zero-order valence-corrected chi connectivity index (χ0v) is 16.8. The van der Waals surface area contributed by atoms with E-state index in [9.17, 15) is 14.9 Å². The second kappa shape index (κ2) is 9.57. The number of morpholine rings is 1. The molecule has 0 aromatic rings. The van der Waals surface area contributed by atoms with Crippen molar-refractivity contribution in [3.05, 3.63) is 0 Å². The lowest BCUT2D eigenvalue weighted by Gasteiger charge is -2.38. The summed E-state index contributed by atoms with van der Waals surface area (Å²) in [5, 5.41) is 12.7. The van der Waals surface area contributed by atoms with Crippen molar-refractivity contribution in [1.82, 2.24) is 15.1 Å². The molecule has 3 fully saturated rings. The van der Waals surface area contributed by atoms with Crippen molar-refractivity contribution in [2.75, 3.05) is 46.4 Å². The van der Waals surface area contributed by atoms with Crippen LogP contribution in [0.4, 0.5) is 4.79 Å². The number of piperidine rings is 1. The highest BCUT2D eigenvalue weighted by Crippen LogP contribution is 2.30. The van der Waals surface area contributed by atoms with Crippen molar-refractivity contribution in [2.45, 2.75) is 56.6 Å². The summed E-state index contributed by atoms with van der Waals surface area (Å²) < 4.78 is 11.0. The maximum absolute atomic E-state index is 13.2. The van der Waals surface area contributed by atoms with Gasteiger partial charge in [-0.25, -0.2) is 4.79 Å². The first kappa shape index (κ1) is 20.9. The van der Waals surface area contributed by atoms with E-state index in [1.807, 2.05) is 7.05 Å². The molecule has 1 N–H and O–H groups in total. The Balaban J connectivity index is 1.69. The fourth-order valence-corrected chi connectivity index (χ4v) is 4.30. The molecule has 2 saturated heterocycles. The van der Waals surface area contributed by atoms with E-state index in [0.717, 1.165) is 45.2 Å². The molecule has 2 amide bonds. The largest absolute Gasteiger partial charge is 0.436 e. The molecule has 8 nitrogen and oxygen atoms in total. The van der Waals surface area contributed by atoms with Crippen LogP contribution >= 0.6 is 0 Å². The van der Waals surface area contributed by atoms with Crippen LogP contribution in [0, 0.1) is 17.2 Å². The van der Waals surface area contributed by atoms with E-state index in [0.29, 0.717) is 39.1 Å². The molecule has 156 valence electrons. The molecule has 8 heteroatoms. The maximum Gasteiger partial charge on any atom is 0.410 e. The van der Waals surface area contributed by atoms with E-state index in [-0.39, 0.29) is 11.8 Å². The topological polar surface area (TPSA) is 94.9 Å². The Morgan fingerprint density at radius 2 is 1.79 bits per heavy atom. The minimum Gasteiger partial charge on any atom is -0.436 e. The first-order chi connectivity index (χ1) is 13.5. The Morgan fingerprint density at radius 1 is 1.14 bits per heavy atom. The summed E-state index contributed by atoms with van der Waals surface area (Å²) in [7, 11) is 2.01. The first-order valence-corrected chi connectivity index (χ1v) is 10.5. The number of amides is 2.